The molecule has 0 amide bonds. The van der Waals surface area contributed by atoms with Crippen LogP contribution in [0.1, 0.15) is 0 Å². The zero-order valence-electron chi connectivity index (χ0n) is 8.26. The van der Waals surface area contributed by atoms with Gasteiger partial charge in [0.1, 0.15) is 0 Å². The average Bonchev–Trinajstić information content (AvgIpc) is 2.30. The van der Waals surface area contributed by atoms with Crippen LogP contribution >= 0.6 is 11.6 Å². The lowest BCUT2D eigenvalue weighted by Crippen LogP contribution is -2.07. The zero-order valence-corrected chi connectivity index (χ0v) is 9.83. The molecule has 7 heteroatoms. The fourth-order valence-corrected chi connectivity index (χ4v) is 2.50. The normalized spacial score (nSPS) is 11.4. The Hall–Kier alpha value is -1.53. The van der Waals surface area contributed by atoms with Gasteiger partial charge in [0.25, 0.3) is 0 Å². The molecule has 0 saturated carbocycles. The standard InChI is InChI=1S/C10H5ClFN2O2S/c11-7-1-3-8(4-2-7)17(15,16)10-9(12)5-13-6-14-10/h1-5H. The minimum atomic E-state index is -4.00. The smallest absolute Gasteiger partial charge is 0.226 e. The summed E-state index contributed by atoms with van der Waals surface area (Å²) in [5, 5.41) is -0.312. The summed E-state index contributed by atoms with van der Waals surface area (Å²) < 4.78 is 37.2. The van der Waals surface area contributed by atoms with Gasteiger partial charge >= 0.3 is 0 Å². The molecule has 17 heavy (non-hydrogen) atoms. The van der Waals surface area contributed by atoms with E-state index in [1.165, 1.54) is 24.3 Å². The van der Waals surface area contributed by atoms with Crippen molar-refractivity contribution >= 4 is 21.4 Å². The molecule has 0 saturated heterocycles. The Morgan fingerprint density at radius 2 is 1.88 bits per heavy atom. The maximum absolute atomic E-state index is 13.3. The molecular formula is C10H5ClFN2O2S. The Labute approximate surface area is 102 Å². The molecule has 0 bridgehead atoms. The third-order valence-corrected chi connectivity index (χ3v) is 3.91. The van der Waals surface area contributed by atoms with Crippen LogP contribution in [-0.4, -0.2) is 18.4 Å². The van der Waals surface area contributed by atoms with Crippen LogP contribution in [-0.2, 0) is 9.84 Å². The van der Waals surface area contributed by atoms with Crippen molar-refractivity contribution in [1.29, 1.82) is 0 Å². The summed E-state index contributed by atoms with van der Waals surface area (Å²) in [6.07, 6.45) is 2.79. The van der Waals surface area contributed by atoms with E-state index in [4.69, 9.17) is 11.6 Å². The first-order valence-electron chi connectivity index (χ1n) is 4.41. The van der Waals surface area contributed by atoms with Crippen molar-refractivity contribution in [2.75, 3.05) is 0 Å². The largest absolute Gasteiger partial charge is 0.231 e. The lowest BCUT2D eigenvalue weighted by Gasteiger charge is -2.03. The second kappa shape index (κ2) is 4.38. The van der Waals surface area contributed by atoms with Gasteiger partial charge in [-0.2, -0.15) is 0 Å². The molecule has 0 aliphatic heterocycles. The predicted octanol–water partition coefficient (Wildman–Crippen LogP) is 1.90. The minimum absolute atomic E-state index is 0.0899. The monoisotopic (exact) mass is 271 g/mol. The number of nitrogens with zero attached hydrogens (tertiary/aromatic N) is 2. The summed E-state index contributed by atoms with van der Waals surface area (Å²) in [5.74, 6) is -1.02. The van der Waals surface area contributed by atoms with Crippen molar-refractivity contribution in [2.45, 2.75) is 9.92 Å². The van der Waals surface area contributed by atoms with E-state index in [-0.39, 0.29) is 4.90 Å². The highest BCUT2D eigenvalue weighted by atomic mass is 35.5. The van der Waals surface area contributed by atoms with Gasteiger partial charge in [0, 0.05) is 5.02 Å². The van der Waals surface area contributed by atoms with Gasteiger partial charge in [-0.1, -0.05) is 11.6 Å². The second-order valence-electron chi connectivity index (χ2n) is 3.08. The maximum Gasteiger partial charge on any atom is 0.226 e. The van der Waals surface area contributed by atoms with Gasteiger partial charge in [0.05, 0.1) is 11.1 Å². The molecule has 87 valence electrons. The highest BCUT2D eigenvalue weighted by molar-refractivity contribution is 7.91. The molecule has 1 aromatic carbocycles. The minimum Gasteiger partial charge on any atom is -0.231 e. The molecule has 0 aliphatic carbocycles. The number of aromatic nitrogens is 2. The molecule has 0 fully saturated rings. The molecule has 2 aromatic rings. The van der Waals surface area contributed by atoms with Crippen molar-refractivity contribution in [3.63, 3.8) is 0 Å². The number of rotatable bonds is 2. The highest BCUT2D eigenvalue weighted by Gasteiger charge is 2.23. The molecule has 0 spiro atoms. The molecule has 1 radical (unpaired) electrons. The fraction of sp³-hybridized carbons (Fsp3) is 0. The summed E-state index contributed by atoms with van der Waals surface area (Å²) in [6.45, 7) is 0. The van der Waals surface area contributed by atoms with Gasteiger partial charge in [-0.25, -0.2) is 22.8 Å². The third kappa shape index (κ3) is 2.27. The van der Waals surface area contributed by atoms with E-state index in [0.29, 0.717) is 5.02 Å². The Balaban J connectivity index is 2.58. The SMILES string of the molecule is O=S(=O)(c1ccc(Cl)cc1)c1n[c]ncc1F. The molecule has 2 rings (SSSR count). The number of hydrogen-bond donors (Lipinski definition) is 0. The summed E-state index contributed by atoms with van der Waals surface area (Å²) in [5.41, 5.74) is 0. The Bertz CT molecular complexity index is 644. The first kappa shape index (κ1) is 11.9. The van der Waals surface area contributed by atoms with E-state index in [2.05, 4.69) is 9.97 Å². The topological polar surface area (TPSA) is 59.9 Å². The predicted molar refractivity (Wildman–Crippen MR) is 57.7 cm³/mol. The molecule has 0 unspecified atom stereocenters. The molecule has 0 aliphatic rings. The second-order valence-corrected chi connectivity index (χ2v) is 5.38. The van der Waals surface area contributed by atoms with Crippen molar-refractivity contribution < 1.29 is 12.8 Å². The summed E-state index contributed by atoms with van der Waals surface area (Å²) in [7, 11) is -4.00. The maximum atomic E-state index is 13.3. The van der Waals surface area contributed by atoms with E-state index in [1.54, 1.807) is 0 Å². The van der Waals surface area contributed by atoms with E-state index in [9.17, 15) is 12.8 Å². The van der Waals surface area contributed by atoms with Gasteiger partial charge in [0.2, 0.25) is 9.84 Å². The van der Waals surface area contributed by atoms with Gasteiger partial charge in [0.15, 0.2) is 17.2 Å². The van der Waals surface area contributed by atoms with E-state index >= 15 is 0 Å². The van der Waals surface area contributed by atoms with Gasteiger partial charge in [-0.05, 0) is 24.3 Å². The van der Waals surface area contributed by atoms with Crippen molar-refractivity contribution in [3.05, 3.63) is 47.6 Å². The van der Waals surface area contributed by atoms with Gasteiger partial charge < -0.3 is 0 Å². The number of halogens is 2. The number of sulfone groups is 1. The number of benzene rings is 1. The average molecular weight is 272 g/mol. The Morgan fingerprint density at radius 3 is 2.47 bits per heavy atom. The van der Waals surface area contributed by atoms with Crippen molar-refractivity contribution in [2.24, 2.45) is 0 Å². The van der Waals surface area contributed by atoms with Crippen molar-refractivity contribution in [3.8, 4) is 0 Å². The lowest BCUT2D eigenvalue weighted by molar-refractivity contribution is 0.547. The van der Waals surface area contributed by atoms with Crippen LogP contribution in [0.15, 0.2) is 40.4 Å². The molecule has 0 N–H and O–H groups in total. The summed E-state index contributed by atoms with van der Waals surface area (Å²) in [4.78, 5) is 6.50. The van der Waals surface area contributed by atoms with Crippen LogP contribution < -0.4 is 0 Å². The number of hydrogen-bond acceptors (Lipinski definition) is 4. The first-order chi connectivity index (χ1) is 8.01. The highest BCUT2D eigenvalue weighted by Crippen LogP contribution is 2.21. The summed E-state index contributed by atoms with van der Waals surface area (Å²) >= 11 is 5.64. The van der Waals surface area contributed by atoms with Crippen LogP contribution in [0.5, 0.6) is 0 Å². The molecular weight excluding hydrogens is 267 g/mol. The van der Waals surface area contributed by atoms with E-state index in [0.717, 1.165) is 6.20 Å². The van der Waals surface area contributed by atoms with Crippen LogP contribution in [0.3, 0.4) is 0 Å². The molecule has 4 nitrogen and oxygen atoms in total. The van der Waals surface area contributed by atoms with Crippen LogP contribution in [0.2, 0.25) is 5.02 Å². The third-order valence-electron chi connectivity index (χ3n) is 1.97. The quantitative estimate of drug-likeness (QED) is 0.783. The lowest BCUT2D eigenvalue weighted by atomic mass is 10.4. The van der Waals surface area contributed by atoms with Crippen LogP contribution in [0.25, 0.3) is 0 Å². The Morgan fingerprint density at radius 1 is 1.24 bits per heavy atom. The Kier molecular flexibility index (Phi) is 3.08. The molecule has 0 atom stereocenters. The van der Waals surface area contributed by atoms with E-state index < -0.39 is 20.7 Å². The summed E-state index contributed by atoms with van der Waals surface area (Å²) in [6, 6.07) is 5.35. The van der Waals surface area contributed by atoms with Gasteiger partial charge in [-0.3, -0.25) is 0 Å². The first-order valence-corrected chi connectivity index (χ1v) is 6.27. The molecule has 1 aromatic heterocycles. The van der Waals surface area contributed by atoms with Gasteiger partial charge in [-0.15, -0.1) is 0 Å². The van der Waals surface area contributed by atoms with E-state index in [1.807, 2.05) is 6.33 Å². The fourth-order valence-electron chi connectivity index (χ4n) is 1.18. The van der Waals surface area contributed by atoms with Crippen LogP contribution in [0, 0.1) is 12.1 Å². The molecule has 1 heterocycles. The zero-order chi connectivity index (χ0) is 12.5. The van der Waals surface area contributed by atoms with Crippen molar-refractivity contribution in [1.82, 2.24) is 9.97 Å². The van der Waals surface area contributed by atoms with Crippen LogP contribution in [0.4, 0.5) is 4.39 Å².